The highest BCUT2D eigenvalue weighted by molar-refractivity contribution is 5.91. The average molecular weight is 464 g/mol. The van der Waals surface area contributed by atoms with Crippen molar-refractivity contribution in [2.45, 2.75) is 69.2 Å². The van der Waals surface area contributed by atoms with Gasteiger partial charge >= 0.3 is 6.18 Å². The molecule has 0 unspecified atom stereocenters. The van der Waals surface area contributed by atoms with Crippen molar-refractivity contribution in [2.24, 2.45) is 5.73 Å². The lowest BCUT2D eigenvalue weighted by atomic mass is 9.86. The first-order valence-electron chi connectivity index (χ1n) is 10.8. The minimum Gasteiger partial charge on any atom is -0.474 e. The van der Waals surface area contributed by atoms with Crippen LogP contribution in [0.25, 0.3) is 0 Å². The molecule has 2 N–H and O–H groups in total. The Balaban J connectivity index is 1.40. The molecule has 2 aromatic rings. The minimum atomic E-state index is -4.45. The summed E-state index contributed by atoms with van der Waals surface area (Å²) in [4.78, 5) is 36.1. The van der Waals surface area contributed by atoms with Gasteiger partial charge in [-0.2, -0.15) is 18.2 Å². The zero-order valence-electron chi connectivity index (χ0n) is 17.7. The lowest BCUT2D eigenvalue weighted by molar-refractivity contribution is -0.137. The lowest BCUT2D eigenvalue weighted by Crippen LogP contribution is -2.26. The fourth-order valence-electron chi connectivity index (χ4n) is 4.09. The largest absolute Gasteiger partial charge is 0.474 e. The summed E-state index contributed by atoms with van der Waals surface area (Å²) in [5, 5.41) is 0. The summed E-state index contributed by atoms with van der Waals surface area (Å²) in [6, 6.07) is 3.50. The molecule has 2 aromatic heterocycles. The number of hydrogen-bond acceptors (Lipinski definition) is 7. The van der Waals surface area contributed by atoms with Crippen LogP contribution in [-0.4, -0.2) is 38.9 Å². The van der Waals surface area contributed by atoms with Gasteiger partial charge in [-0.1, -0.05) is 0 Å². The van der Waals surface area contributed by atoms with Gasteiger partial charge in [-0.25, -0.2) is 9.97 Å². The van der Waals surface area contributed by atoms with Gasteiger partial charge in [0.2, 0.25) is 11.8 Å². The van der Waals surface area contributed by atoms with Crippen LogP contribution >= 0.6 is 0 Å². The molecule has 1 amide bonds. The van der Waals surface area contributed by atoms with E-state index in [1.807, 2.05) is 0 Å². The number of nitrogens with two attached hydrogens (primary N) is 1. The molecule has 1 atom stereocenters. The molecule has 2 aliphatic rings. The van der Waals surface area contributed by atoms with Crippen molar-refractivity contribution in [2.75, 3.05) is 0 Å². The van der Waals surface area contributed by atoms with Crippen LogP contribution < -0.4 is 15.2 Å². The maximum atomic E-state index is 12.7. The molecule has 0 saturated heterocycles. The Kier molecular flexibility index (Phi) is 6.48. The molecule has 0 aliphatic heterocycles. The number of carbonyl (C=O) groups is 2. The van der Waals surface area contributed by atoms with Crippen molar-refractivity contribution >= 4 is 11.7 Å². The second-order valence-electron chi connectivity index (χ2n) is 8.25. The van der Waals surface area contributed by atoms with Gasteiger partial charge in [0.25, 0.3) is 5.91 Å². The fourth-order valence-corrected chi connectivity index (χ4v) is 4.09. The van der Waals surface area contributed by atoms with Crippen LogP contribution in [0.3, 0.4) is 0 Å². The number of ketones is 1. The van der Waals surface area contributed by atoms with Crippen LogP contribution in [-0.2, 0) is 11.0 Å². The molecule has 4 rings (SSSR count). The van der Waals surface area contributed by atoms with E-state index in [2.05, 4.69) is 15.0 Å². The molecule has 0 spiro atoms. The molecule has 0 bridgehead atoms. The molecular weight excluding hydrogens is 441 g/mol. The summed E-state index contributed by atoms with van der Waals surface area (Å²) in [7, 11) is 0. The average Bonchev–Trinajstić information content (AvgIpc) is 3.18. The van der Waals surface area contributed by atoms with Gasteiger partial charge in [0.05, 0.1) is 5.56 Å². The molecule has 0 radical (unpaired) electrons. The molecule has 8 nitrogen and oxygen atoms in total. The second kappa shape index (κ2) is 9.32. The normalized spacial score (nSPS) is 23.4. The highest BCUT2D eigenvalue weighted by Crippen LogP contribution is 2.34. The van der Waals surface area contributed by atoms with Gasteiger partial charge < -0.3 is 15.2 Å². The third-order valence-electron chi connectivity index (χ3n) is 5.87. The Labute approximate surface area is 187 Å². The van der Waals surface area contributed by atoms with E-state index < -0.39 is 23.8 Å². The first-order chi connectivity index (χ1) is 15.7. The molecule has 2 aliphatic carbocycles. The first-order valence-corrected chi connectivity index (χ1v) is 10.8. The van der Waals surface area contributed by atoms with E-state index in [4.69, 9.17) is 15.2 Å². The smallest absolute Gasteiger partial charge is 0.417 e. The van der Waals surface area contributed by atoms with Gasteiger partial charge in [0.1, 0.15) is 17.6 Å². The number of rotatable bonds is 6. The molecule has 2 heterocycles. The number of alkyl halides is 3. The van der Waals surface area contributed by atoms with Gasteiger partial charge in [-0.05, 0) is 44.6 Å². The van der Waals surface area contributed by atoms with Gasteiger partial charge in [0, 0.05) is 30.7 Å². The molecule has 11 heteroatoms. The Morgan fingerprint density at radius 1 is 1.03 bits per heavy atom. The summed E-state index contributed by atoms with van der Waals surface area (Å²) >= 11 is 0. The zero-order chi connectivity index (χ0) is 23.6. The summed E-state index contributed by atoms with van der Waals surface area (Å²) in [5.41, 5.74) is 4.60. The lowest BCUT2D eigenvalue weighted by Gasteiger charge is -2.28. The van der Waals surface area contributed by atoms with Gasteiger partial charge in [0.15, 0.2) is 11.9 Å². The number of hydrogen-bond donors (Lipinski definition) is 1. The molecule has 0 aromatic carbocycles. The Morgan fingerprint density at radius 2 is 1.79 bits per heavy atom. The number of aromatic nitrogens is 3. The quantitative estimate of drug-likeness (QED) is 0.694. The van der Waals surface area contributed by atoms with Crippen LogP contribution in [0.4, 0.5) is 13.2 Å². The third kappa shape index (κ3) is 5.58. The van der Waals surface area contributed by atoms with E-state index in [1.165, 1.54) is 12.1 Å². The third-order valence-corrected chi connectivity index (χ3v) is 5.87. The SMILES string of the molecule is NC(=O)c1cc(O[C@H]2CCCC2=O)nc(C2CCC(Oc3ccc(C(F)(F)F)cn3)CC2)n1. The van der Waals surface area contributed by atoms with Crippen LogP contribution in [0.15, 0.2) is 24.4 Å². The van der Waals surface area contributed by atoms with E-state index in [1.54, 1.807) is 0 Å². The molecule has 2 fully saturated rings. The fraction of sp³-hybridized carbons (Fsp3) is 0.500. The Hall–Kier alpha value is -3.24. The van der Waals surface area contributed by atoms with E-state index in [0.29, 0.717) is 44.3 Å². The molecule has 33 heavy (non-hydrogen) atoms. The highest BCUT2D eigenvalue weighted by atomic mass is 19.4. The minimum absolute atomic E-state index is 0.00493. The monoisotopic (exact) mass is 464 g/mol. The van der Waals surface area contributed by atoms with Crippen LogP contribution in [0.1, 0.15) is 72.7 Å². The maximum Gasteiger partial charge on any atom is 0.417 e. The predicted octanol–water partition coefficient (Wildman–Crippen LogP) is 3.59. The number of amides is 1. The van der Waals surface area contributed by atoms with Crippen LogP contribution in [0.5, 0.6) is 11.8 Å². The van der Waals surface area contributed by atoms with Crippen molar-refractivity contribution in [3.05, 3.63) is 41.5 Å². The zero-order valence-corrected chi connectivity index (χ0v) is 17.7. The van der Waals surface area contributed by atoms with Crippen LogP contribution in [0.2, 0.25) is 0 Å². The number of primary amides is 1. The van der Waals surface area contributed by atoms with Crippen molar-refractivity contribution in [1.82, 2.24) is 15.0 Å². The summed E-state index contributed by atoms with van der Waals surface area (Å²) in [5.74, 6) is -0.0853. The first kappa shape index (κ1) is 22.9. The summed E-state index contributed by atoms with van der Waals surface area (Å²) in [6.07, 6.45) is -0.188. The number of carbonyl (C=O) groups excluding carboxylic acids is 2. The van der Waals surface area contributed by atoms with Crippen molar-refractivity contribution in [1.29, 1.82) is 0 Å². The number of nitrogens with zero attached hydrogens (tertiary/aromatic N) is 3. The summed E-state index contributed by atoms with van der Waals surface area (Å²) in [6.45, 7) is 0. The predicted molar refractivity (Wildman–Crippen MR) is 109 cm³/mol. The van der Waals surface area contributed by atoms with Crippen molar-refractivity contribution < 1.29 is 32.2 Å². The van der Waals surface area contributed by atoms with E-state index in [9.17, 15) is 22.8 Å². The molecular formula is C22H23F3N4O4. The number of halogens is 3. The van der Waals surface area contributed by atoms with Gasteiger partial charge in [-0.3, -0.25) is 9.59 Å². The maximum absolute atomic E-state index is 12.7. The topological polar surface area (TPSA) is 117 Å². The Morgan fingerprint density at radius 3 is 2.36 bits per heavy atom. The van der Waals surface area contributed by atoms with E-state index >= 15 is 0 Å². The van der Waals surface area contributed by atoms with E-state index in [-0.39, 0.29) is 35.3 Å². The van der Waals surface area contributed by atoms with Crippen molar-refractivity contribution in [3.8, 4) is 11.8 Å². The molecule has 176 valence electrons. The standard InChI is InChI=1S/C22H23F3N4O4/c23-22(24,25)13-6-9-18(27-11-13)32-14-7-4-12(5-8-14)21-28-15(20(26)31)10-19(29-21)33-17-3-1-2-16(17)30/h6,9-12,14,17H,1-5,7-8H2,(H2,26,31)/t12?,14?,17-/m0/s1. The number of ether oxygens (including phenoxy) is 2. The highest BCUT2D eigenvalue weighted by Gasteiger charge is 2.32. The number of pyridine rings is 1. The Bertz CT molecular complexity index is 1020. The molecule has 2 saturated carbocycles. The van der Waals surface area contributed by atoms with Crippen LogP contribution in [0, 0.1) is 0 Å². The summed E-state index contributed by atoms with van der Waals surface area (Å²) < 4.78 is 49.5. The van der Waals surface area contributed by atoms with Gasteiger partial charge in [-0.15, -0.1) is 0 Å². The number of Topliss-reactive ketones (excluding diaryl/α,β-unsaturated/α-hetero) is 1. The van der Waals surface area contributed by atoms with E-state index in [0.717, 1.165) is 18.7 Å². The second-order valence-corrected chi connectivity index (χ2v) is 8.25. The van der Waals surface area contributed by atoms with Crippen molar-refractivity contribution in [3.63, 3.8) is 0 Å².